The van der Waals surface area contributed by atoms with Crippen LogP contribution >= 0.6 is 0 Å². The van der Waals surface area contributed by atoms with Crippen molar-refractivity contribution in [2.24, 2.45) is 12.0 Å². The smallest absolute Gasteiger partial charge is 0.191 e. The Labute approximate surface area is 166 Å². The van der Waals surface area contributed by atoms with Crippen LogP contribution in [0.4, 0.5) is 0 Å². The van der Waals surface area contributed by atoms with Gasteiger partial charge in [0.15, 0.2) is 5.96 Å². The van der Waals surface area contributed by atoms with Crippen molar-refractivity contribution in [3.8, 4) is 5.75 Å². The molecule has 0 amide bonds. The van der Waals surface area contributed by atoms with Crippen molar-refractivity contribution in [1.82, 2.24) is 20.2 Å². The quantitative estimate of drug-likeness (QED) is 0.359. The van der Waals surface area contributed by atoms with E-state index in [-0.39, 0.29) is 0 Å². The van der Waals surface area contributed by atoms with E-state index in [2.05, 4.69) is 27.8 Å². The Bertz CT molecular complexity index is 960. The molecule has 1 aromatic heterocycles. The van der Waals surface area contributed by atoms with Gasteiger partial charge >= 0.3 is 0 Å². The van der Waals surface area contributed by atoms with Crippen LogP contribution in [0.5, 0.6) is 5.75 Å². The van der Waals surface area contributed by atoms with Gasteiger partial charge in [-0.1, -0.05) is 43.0 Å². The largest absolute Gasteiger partial charge is 0.489 e. The Balaban J connectivity index is 1.71. The fourth-order valence-corrected chi connectivity index (χ4v) is 2.95. The molecule has 0 atom stereocenters. The molecule has 0 aliphatic carbocycles. The van der Waals surface area contributed by atoms with Gasteiger partial charge in [0.05, 0.1) is 24.1 Å². The molecule has 0 saturated carbocycles. The third-order valence-corrected chi connectivity index (χ3v) is 4.37. The number of rotatable bonds is 8. The molecule has 0 aliphatic heterocycles. The summed E-state index contributed by atoms with van der Waals surface area (Å²) >= 11 is 0. The molecule has 0 unspecified atom stereocenters. The maximum Gasteiger partial charge on any atom is 0.191 e. The Kier molecular flexibility index (Phi) is 6.68. The first-order valence-corrected chi connectivity index (χ1v) is 9.47. The second-order valence-electron chi connectivity index (χ2n) is 6.33. The summed E-state index contributed by atoms with van der Waals surface area (Å²) in [6.07, 6.45) is 1.74. The Morgan fingerprint density at radius 1 is 1.18 bits per heavy atom. The highest BCUT2D eigenvalue weighted by Crippen LogP contribution is 2.19. The third kappa shape index (κ3) is 4.71. The second-order valence-corrected chi connectivity index (χ2v) is 6.33. The molecule has 0 fully saturated rings. The molecule has 3 rings (SSSR count). The molecule has 146 valence electrons. The van der Waals surface area contributed by atoms with Crippen LogP contribution in [-0.2, 0) is 20.1 Å². The molecule has 6 nitrogen and oxygen atoms in total. The van der Waals surface area contributed by atoms with Crippen molar-refractivity contribution >= 4 is 17.0 Å². The molecule has 0 spiro atoms. The first-order valence-electron chi connectivity index (χ1n) is 9.47. The van der Waals surface area contributed by atoms with Crippen LogP contribution in [0.15, 0.2) is 66.2 Å². The highest BCUT2D eigenvalue weighted by atomic mass is 16.5. The number of nitrogens with zero attached hydrogens (tertiary/aromatic N) is 3. The zero-order valence-electron chi connectivity index (χ0n) is 16.5. The number of nitrogens with one attached hydrogen (secondary N) is 2. The van der Waals surface area contributed by atoms with Crippen LogP contribution in [0.25, 0.3) is 11.0 Å². The minimum absolute atomic E-state index is 0.478. The molecule has 28 heavy (non-hydrogen) atoms. The predicted molar refractivity (Wildman–Crippen MR) is 115 cm³/mol. The van der Waals surface area contributed by atoms with Gasteiger partial charge in [0.1, 0.15) is 18.2 Å². The lowest BCUT2D eigenvalue weighted by molar-refractivity contribution is 0.359. The molecule has 6 heteroatoms. The van der Waals surface area contributed by atoms with Gasteiger partial charge in [-0.2, -0.15) is 0 Å². The number of aryl methyl sites for hydroxylation is 1. The maximum absolute atomic E-state index is 5.72. The standard InChI is InChI=1S/C22H27N5O/c1-4-14-28-20-13-9-6-10-17(20)15-24-22(23-5-2)25-16-21-26-18-11-7-8-12-19(18)27(21)3/h4,6-13H,1,5,14-16H2,2-3H3,(H2,23,24,25). The second kappa shape index (κ2) is 9.60. The van der Waals surface area contributed by atoms with Crippen LogP contribution in [0.2, 0.25) is 0 Å². The fourth-order valence-electron chi connectivity index (χ4n) is 2.95. The molecule has 0 aliphatic rings. The topological polar surface area (TPSA) is 63.5 Å². The average molecular weight is 377 g/mol. The highest BCUT2D eigenvalue weighted by molar-refractivity contribution is 5.80. The van der Waals surface area contributed by atoms with E-state index in [0.29, 0.717) is 19.7 Å². The SMILES string of the molecule is C=CCOc1ccccc1CN=C(NCC)NCc1nc2ccccc2n1C. The number of hydrogen-bond acceptors (Lipinski definition) is 3. The van der Waals surface area contributed by atoms with Crippen LogP contribution < -0.4 is 15.4 Å². The van der Waals surface area contributed by atoms with Gasteiger partial charge in [-0.25, -0.2) is 9.98 Å². The van der Waals surface area contributed by atoms with E-state index in [1.807, 2.05) is 56.4 Å². The maximum atomic E-state index is 5.72. The molecule has 0 saturated heterocycles. The van der Waals surface area contributed by atoms with Crippen molar-refractivity contribution in [2.75, 3.05) is 13.2 Å². The predicted octanol–water partition coefficient (Wildman–Crippen LogP) is 3.39. The number of para-hydroxylation sites is 3. The van der Waals surface area contributed by atoms with Gasteiger partial charge in [-0.05, 0) is 25.1 Å². The molecule has 2 aromatic carbocycles. The van der Waals surface area contributed by atoms with E-state index in [0.717, 1.165) is 40.7 Å². The summed E-state index contributed by atoms with van der Waals surface area (Å²) in [6.45, 7) is 8.12. The Morgan fingerprint density at radius 3 is 2.75 bits per heavy atom. The van der Waals surface area contributed by atoms with Crippen molar-refractivity contribution in [1.29, 1.82) is 0 Å². The lowest BCUT2D eigenvalue weighted by atomic mass is 10.2. The lowest BCUT2D eigenvalue weighted by Crippen LogP contribution is -2.37. The minimum Gasteiger partial charge on any atom is -0.489 e. The van der Waals surface area contributed by atoms with Crippen LogP contribution in [0, 0.1) is 0 Å². The number of ether oxygens (including phenoxy) is 1. The molecule has 0 bridgehead atoms. The summed E-state index contributed by atoms with van der Waals surface area (Å²) in [5.74, 6) is 2.53. The number of imidazole rings is 1. The minimum atomic E-state index is 0.478. The summed E-state index contributed by atoms with van der Waals surface area (Å²) in [5.41, 5.74) is 3.15. The summed E-state index contributed by atoms with van der Waals surface area (Å²) < 4.78 is 7.82. The third-order valence-electron chi connectivity index (χ3n) is 4.37. The van der Waals surface area contributed by atoms with Gasteiger partial charge in [-0.3, -0.25) is 0 Å². The first-order chi connectivity index (χ1) is 13.7. The number of fused-ring (bicyclic) bond motifs is 1. The zero-order valence-corrected chi connectivity index (χ0v) is 16.5. The fraction of sp³-hybridized carbons (Fsp3) is 0.273. The lowest BCUT2D eigenvalue weighted by Gasteiger charge is -2.12. The van der Waals surface area contributed by atoms with E-state index in [1.165, 1.54) is 0 Å². The van der Waals surface area contributed by atoms with Crippen LogP contribution in [0.1, 0.15) is 18.3 Å². The van der Waals surface area contributed by atoms with E-state index in [1.54, 1.807) is 6.08 Å². The number of guanidine groups is 1. The molecular weight excluding hydrogens is 350 g/mol. The van der Waals surface area contributed by atoms with E-state index < -0.39 is 0 Å². The van der Waals surface area contributed by atoms with Crippen molar-refractivity contribution in [3.05, 3.63) is 72.6 Å². The van der Waals surface area contributed by atoms with Crippen molar-refractivity contribution in [2.45, 2.75) is 20.0 Å². The van der Waals surface area contributed by atoms with E-state index in [9.17, 15) is 0 Å². The van der Waals surface area contributed by atoms with Crippen molar-refractivity contribution in [3.63, 3.8) is 0 Å². The summed E-state index contributed by atoms with van der Waals surface area (Å²) in [4.78, 5) is 9.40. The Hall–Kier alpha value is -3.28. The molecule has 1 heterocycles. The van der Waals surface area contributed by atoms with Gasteiger partial charge in [0.25, 0.3) is 0 Å². The molecule has 2 N–H and O–H groups in total. The number of aromatic nitrogens is 2. The Morgan fingerprint density at radius 2 is 1.96 bits per heavy atom. The van der Waals surface area contributed by atoms with Crippen molar-refractivity contribution < 1.29 is 4.74 Å². The molecule has 3 aromatic rings. The monoisotopic (exact) mass is 377 g/mol. The molecule has 0 radical (unpaired) electrons. The summed E-state index contributed by atoms with van der Waals surface area (Å²) in [7, 11) is 2.03. The first kappa shape index (κ1) is 19.5. The molecular formula is C22H27N5O. The normalized spacial score (nSPS) is 11.4. The van der Waals surface area contributed by atoms with E-state index >= 15 is 0 Å². The average Bonchev–Trinajstić information content (AvgIpc) is 3.05. The van der Waals surface area contributed by atoms with Gasteiger partial charge in [0.2, 0.25) is 0 Å². The number of aliphatic imine (C=N–C) groups is 1. The summed E-state index contributed by atoms with van der Waals surface area (Å²) in [5, 5.41) is 6.65. The van der Waals surface area contributed by atoms with Crippen LogP contribution in [-0.4, -0.2) is 28.7 Å². The highest BCUT2D eigenvalue weighted by Gasteiger charge is 2.08. The number of hydrogen-bond donors (Lipinski definition) is 2. The van der Waals surface area contributed by atoms with Gasteiger partial charge < -0.3 is 19.9 Å². The van der Waals surface area contributed by atoms with Gasteiger partial charge in [-0.15, -0.1) is 0 Å². The number of benzene rings is 2. The summed E-state index contributed by atoms with van der Waals surface area (Å²) in [6, 6.07) is 16.1. The van der Waals surface area contributed by atoms with Crippen LogP contribution in [0.3, 0.4) is 0 Å². The zero-order chi connectivity index (χ0) is 19.8. The van der Waals surface area contributed by atoms with Gasteiger partial charge in [0, 0.05) is 19.2 Å². The van der Waals surface area contributed by atoms with E-state index in [4.69, 9.17) is 14.7 Å².